The summed E-state index contributed by atoms with van der Waals surface area (Å²) in [6, 6.07) is 13.1. The Balaban J connectivity index is 1.32. The third kappa shape index (κ3) is 7.22. The number of nitrogens with zero attached hydrogens (tertiary/aromatic N) is 5. The second-order valence-electron chi connectivity index (χ2n) is 8.81. The number of pyridine rings is 1. The highest BCUT2D eigenvalue weighted by atomic mass is 35.5. The Labute approximate surface area is 221 Å². The van der Waals surface area contributed by atoms with Crippen LogP contribution in [0.3, 0.4) is 0 Å². The van der Waals surface area contributed by atoms with Gasteiger partial charge in [0.1, 0.15) is 11.6 Å². The summed E-state index contributed by atoms with van der Waals surface area (Å²) >= 11 is 5.96. The standard InChI is InChI=1S/C25H29ClN6O4S/c26-22-8-5-19(6-9-22)20-7-10-24(29-17-20)31-13-15-32(16-14-31)37(35,36)18-21(25(33)30-34)3-1-4-23-27-11-2-12-28-23/h2,5-12,17,21,34H,1,3-4,13-16,18H2,(H,30,33). The molecule has 0 radical (unpaired) electrons. The fourth-order valence-corrected chi connectivity index (χ4v) is 6.17. The quantitative estimate of drug-likeness (QED) is 0.294. The fourth-order valence-electron chi connectivity index (χ4n) is 4.29. The third-order valence-electron chi connectivity index (χ3n) is 6.35. The van der Waals surface area contributed by atoms with Gasteiger partial charge in [0.2, 0.25) is 15.9 Å². The average Bonchev–Trinajstić information content (AvgIpc) is 2.93. The number of aryl methyl sites for hydroxylation is 1. The lowest BCUT2D eigenvalue weighted by Crippen LogP contribution is -2.50. The molecule has 1 saturated heterocycles. The topological polar surface area (TPSA) is 129 Å². The molecule has 1 aliphatic rings. The number of carbonyl (C=O) groups excluding carboxylic acids is 1. The minimum atomic E-state index is -3.71. The van der Waals surface area contributed by atoms with Gasteiger partial charge in [0.25, 0.3) is 0 Å². The lowest BCUT2D eigenvalue weighted by atomic mass is 10.0. The minimum absolute atomic E-state index is 0.285. The highest BCUT2D eigenvalue weighted by Crippen LogP contribution is 2.24. The van der Waals surface area contributed by atoms with Crippen LogP contribution in [0.2, 0.25) is 5.02 Å². The van der Waals surface area contributed by atoms with Gasteiger partial charge in [-0.1, -0.05) is 23.7 Å². The van der Waals surface area contributed by atoms with Crippen LogP contribution in [0.4, 0.5) is 5.82 Å². The second-order valence-corrected chi connectivity index (χ2v) is 11.3. The number of halogens is 1. The summed E-state index contributed by atoms with van der Waals surface area (Å²) in [4.78, 5) is 27.1. The number of sulfonamides is 1. The maximum absolute atomic E-state index is 13.1. The van der Waals surface area contributed by atoms with Crippen molar-refractivity contribution in [3.63, 3.8) is 0 Å². The molecule has 196 valence electrons. The number of carbonyl (C=O) groups is 1. The SMILES string of the molecule is O=C(NO)C(CCCc1ncccn1)CS(=O)(=O)N1CCN(c2ccc(-c3ccc(Cl)cc3)cn2)CC1. The van der Waals surface area contributed by atoms with E-state index < -0.39 is 21.8 Å². The van der Waals surface area contributed by atoms with Crippen molar-refractivity contribution in [1.29, 1.82) is 0 Å². The summed E-state index contributed by atoms with van der Waals surface area (Å²) < 4.78 is 27.6. The Morgan fingerprint density at radius 2 is 1.68 bits per heavy atom. The van der Waals surface area contributed by atoms with Crippen molar-refractivity contribution in [2.24, 2.45) is 5.92 Å². The van der Waals surface area contributed by atoms with Crippen LogP contribution in [0.5, 0.6) is 0 Å². The van der Waals surface area contributed by atoms with E-state index >= 15 is 0 Å². The first kappa shape index (κ1) is 26.9. The summed E-state index contributed by atoms with van der Waals surface area (Å²) in [5.74, 6) is -0.557. The van der Waals surface area contributed by atoms with E-state index in [0.29, 0.717) is 36.8 Å². The van der Waals surface area contributed by atoms with E-state index in [4.69, 9.17) is 16.8 Å². The molecule has 3 heterocycles. The molecule has 1 unspecified atom stereocenters. The molecule has 0 saturated carbocycles. The number of hydrogen-bond acceptors (Lipinski definition) is 8. The van der Waals surface area contributed by atoms with E-state index in [0.717, 1.165) is 16.9 Å². The third-order valence-corrected chi connectivity index (χ3v) is 8.57. The predicted molar refractivity (Wildman–Crippen MR) is 141 cm³/mol. The summed E-state index contributed by atoms with van der Waals surface area (Å²) in [6.07, 6.45) is 6.37. The van der Waals surface area contributed by atoms with Crippen molar-refractivity contribution in [2.75, 3.05) is 36.8 Å². The van der Waals surface area contributed by atoms with Crippen LogP contribution < -0.4 is 10.4 Å². The monoisotopic (exact) mass is 544 g/mol. The van der Waals surface area contributed by atoms with E-state index in [-0.39, 0.29) is 25.3 Å². The lowest BCUT2D eigenvalue weighted by Gasteiger charge is -2.35. The number of benzene rings is 1. The van der Waals surface area contributed by atoms with Crippen LogP contribution in [0.25, 0.3) is 11.1 Å². The van der Waals surface area contributed by atoms with Crippen molar-refractivity contribution < 1.29 is 18.4 Å². The Morgan fingerprint density at radius 3 is 2.30 bits per heavy atom. The summed E-state index contributed by atoms with van der Waals surface area (Å²) in [5.41, 5.74) is 3.59. The molecule has 2 N–H and O–H groups in total. The average molecular weight is 545 g/mol. The van der Waals surface area contributed by atoms with E-state index in [2.05, 4.69) is 15.0 Å². The molecule has 1 fully saturated rings. The number of aromatic nitrogens is 3. The molecule has 12 heteroatoms. The number of nitrogens with one attached hydrogen (secondary N) is 1. The van der Waals surface area contributed by atoms with Gasteiger partial charge in [0, 0.05) is 61.8 Å². The van der Waals surface area contributed by atoms with Crippen molar-refractivity contribution in [1.82, 2.24) is 24.7 Å². The highest BCUT2D eigenvalue weighted by molar-refractivity contribution is 7.89. The highest BCUT2D eigenvalue weighted by Gasteiger charge is 2.32. The van der Waals surface area contributed by atoms with Crippen molar-refractivity contribution in [2.45, 2.75) is 19.3 Å². The fraction of sp³-hybridized carbons (Fsp3) is 0.360. The van der Waals surface area contributed by atoms with Gasteiger partial charge in [-0.05, 0) is 48.7 Å². The molecule has 1 atom stereocenters. The molecule has 10 nitrogen and oxygen atoms in total. The number of piperazine rings is 1. The largest absolute Gasteiger partial charge is 0.354 e. The van der Waals surface area contributed by atoms with E-state index in [9.17, 15) is 13.2 Å². The molecule has 0 bridgehead atoms. The lowest BCUT2D eigenvalue weighted by molar-refractivity contribution is -0.132. The first-order valence-corrected chi connectivity index (χ1v) is 14.0. The maximum Gasteiger partial charge on any atom is 0.247 e. The van der Waals surface area contributed by atoms with Crippen molar-refractivity contribution in [3.8, 4) is 11.1 Å². The Kier molecular flexibility index (Phi) is 9.04. The molecule has 4 rings (SSSR count). The molecule has 3 aromatic rings. The van der Waals surface area contributed by atoms with Crippen molar-refractivity contribution >= 4 is 33.3 Å². The number of rotatable bonds is 10. The molecule has 1 aromatic carbocycles. The van der Waals surface area contributed by atoms with Gasteiger partial charge in [0.15, 0.2) is 0 Å². The van der Waals surface area contributed by atoms with Crippen LogP contribution in [0.15, 0.2) is 61.1 Å². The Morgan fingerprint density at radius 1 is 1.00 bits per heavy atom. The number of hydrogen-bond donors (Lipinski definition) is 2. The zero-order chi connectivity index (χ0) is 26.3. The number of anilines is 1. The van der Waals surface area contributed by atoms with Crippen LogP contribution in [0, 0.1) is 5.92 Å². The van der Waals surface area contributed by atoms with Gasteiger partial charge in [0.05, 0.1) is 11.7 Å². The maximum atomic E-state index is 13.1. The molecule has 1 amide bonds. The molecule has 1 aliphatic heterocycles. The normalized spacial score (nSPS) is 15.4. The Hall–Kier alpha value is -3.12. The molecule has 2 aromatic heterocycles. The van der Waals surface area contributed by atoms with Crippen LogP contribution >= 0.6 is 11.6 Å². The molecular formula is C25H29ClN6O4S. The second kappa shape index (κ2) is 12.4. The van der Waals surface area contributed by atoms with E-state index in [1.165, 1.54) is 4.31 Å². The zero-order valence-corrected chi connectivity index (χ0v) is 21.8. The Bertz CT molecular complexity index is 1270. The van der Waals surface area contributed by atoms with Crippen LogP contribution in [-0.4, -0.2) is 70.7 Å². The summed E-state index contributed by atoms with van der Waals surface area (Å²) in [6.45, 7) is 1.53. The van der Waals surface area contributed by atoms with Gasteiger partial charge in [-0.15, -0.1) is 0 Å². The molecule has 37 heavy (non-hydrogen) atoms. The number of hydroxylamine groups is 1. The van der Waals surface area contributed by atoms with Crippen molar-refractivity contribution in [3.05, 3.63) is 71.9 Å². The van der Waals surface area contributed by atoms with Gasteiger partial charge in [-0.3, -0.25) is 10.0 Å². The molecule has 0 spiro atoms. The minimum Gasteiger partial charge on any atom is -0.354 e. The van der Waals surface area contributed by atoms with Gasteiger partial charge < -0.3 is 4.90 Å². The number of amides is 1. The molecule has 0 aliphatic carbocycles. The smallest absolute Gasteiger partial charge is 0.247 e. The van der Waals surface area contributed by atoms with E-state index in [1.807, 2.05) is 41.3 Å². The summed E-state index contributed by atoms with van der Waals surface area (Å²) in [7, 11) is -3.71. The van der Waals surface area contributed by atoms with Crippen LogP contribution in [0.1, 0.15) is 18.7 Å². The summed E-state index contributed by atoms with van der Waals surface area (Å²) in [5, 5.41) is 9.81. The van der Waals surface area contributed by atoms with Gasteiger partial charge in [-0.2, -0.15) is 4.31 Å². The van der Waals surface area contributed by atoms with Gasteiger partial charge >= 0.3 is 0 Å². The first-order chi connectivity index (χ1) is 17.9. The predicted octanol–water partition coefficient (Wildman–Crippen LogP) is 2.79. The van der Waals surface area contributed by atoms with Crippen LogP contribution in [-0.2, 0) is 21.2 Å². The molecular weight excluding hydrogens is 516 g/mol. The van der Waals surface area contributed by atoms with E-state index in [1.54, 1.807) is 30.1 Å². The van der Waals surface area contributed by atoms with Gasteiger partial charge in [-0.25, -0.2) is 28.8 Å². The zero-order valence-electron chi connectivity index (χ0n) is 20.2. The first-order valence-electron chi connectivity index (χ1n) is 12.0.